The van der Waals surface area contributed by atoms with Crippen molar-refractivity contribution in [1.82, 2.24) is 4.90 Å². The Morgan fingerprint density at radius 3 is 2.71 bits per heavy atom. The first-order valence-corrected chi connectivity index (χ1v) is 8.40. The molecule has 128 valence electrons. The maximum atomic E-state index is 12.7. The molecule has 1 aliphatic heterocycles. The Morgan fingerprint density at radius 1 is 1.21 bits per heavy atom. The molecule has 2 atom stereocenters. The largest absolute Gasteiger partial charge is 0.504 e. The zero-order valence-corrected chi connectivity index (χ0v) is 14.4. The minimum absolute atomic E-state index is 0.0125. The van der Waals surface area contributed by atoms with Gasteiger partial charge in [-0.2, -0.15) is 0 Å². The van der Waals surface area contributed by atoms with E-state index in [2.05, 4.69) is 11.9 Å². The van der Waals surface area contributed by atoms with Crippen LogP contribution in [0.2, 0.25) is 0 Å². The van der Waals surface area contributed by atoms with Gasteiger partial charge in [-0.15, -0.1) is 0 Å². The van der Waals surface area contributed by atoms with Crippen LogP contribution in [0.5, 0.6) is 11.5 Å². The monoisotopic (exact) mass is 329 g/mol. The van der Waals surface area contributed by atoms with Gasteiger partial charge in [0.1, 0.15) is 0 Å². The van der Waals surface area contributed by atoms with Crippen LogP contribution in [0.3, 0.4) is 0 Å². The summed E-state index contributed by atoms with van der Waals surface area (Å²) in [5.74, 6) is 1.13. The van der Waals surface area contributed by atoms with Crippen molar-refractivity contribution in [3.8, 4) is 11.5 Å². The van der Waals surface area contributed by atoms with Gasteiger partial charge in [-0.3, -0.25) is 9.69 Å². The standard InChI is InChI=1S/C19H23NO4/c1-20-9-8-18-10-13(21)15(24-3)11-19(18,20)7-6-12-4-5-14(23-2)17(22)16(12)18/h4-5,11,22H,6-10H2,1-3H3/t18-,19+/m0/s1. The molecule has 0 saturated carbocycles. The lowest BCUT2D eigenvalue weighted by Crippen LogP contribution is -2.59. The number of phenols is 1. The van der Waals surface area contributed by atoms with E-state index in [9.17, 15) is 9.90 Å². The molecular weight excluding hydrogens is 306 g/mol. The third-order valence-corrected chi connectivity index (χ3v) is 6.41. The Labute approximate surface area is 141 Å². The summed E-state index contributed by atoms with van der Waals surface area (Å²) in [4.78, 5) is 15.0. The predicted molar refractivity (Wildman–Crippen MR) is 89.4 cm³/mol. The quantitative estimate of drug-likeness (QED) is 0.901. The topological polar surface area (TPSA) is 59.0 Å². The fourth-order valence-electron chi connectivity index (χ4n) is 5.24. The highest BCUT2D eigenvalue weighted by Crippen LogP contribution is 2.61. The Bertz CT molecular complexity index is 756. The third-order valence-electron chi connectivity index (χ3n) is 6.41. The highest BCUT2D eigenvalue weighted by Gasteiger charge is 2.64. The molecular formula is C19H23NO4. The number of carbonyl (C=O) groups excluding carboxylic acids is 1. The molecule has 0 bridgehead atoms. The number of aryl methyl sites for hydroxylation is 1. The van der Waals surface area contributed by atoms with Crippen LogP contribution in [0, 0.1) is 0 Å². The molecule has 0 radical (unpaired) electrons. The minimum atomic E-state index is -0.410. The van der Waals surface area contributed by atoms with Crippen molar-refractivity contribution in [1.29, 1.82) is 0 Å². The van der Waals surface area contributed by atoms with Gasteiger partial charge in [0.05, 0.1) is 19.8 Å². The molecule has 1 saturated heterocycles. The molecule has 4 rings (SSSR count). The Balaban J connectivity index is 2.02. The van der Waals surface area contributed by atoms with E-state index in [0.717, 1.165) is 36.9 Å². The molecule has 0 aromatic heterocycles. The normalized spacial score (nSPS) is 31.8. The van der Waals surface area contributed by atoms with Crippen molar-refractivity contribution in [3.05, 3.63) is 35.1 Å². The number of fused-ring (bicyclic) bond motifs is 1. The maximum absolute atomic E-state index is 12.7. The van der Waals surface area contributed by atoms with Gasteiger partial charge in [0.15, 0.2) is 23.0 Å². The van der Waals surface area contributed by atoms with E-state index < -0.39 is 5.41 Å². The van der Waals surface area contributed by atoms with Gasteiger partial charge < -0.3 is 14.6 Å². The molecule has 24 heavy (non-hydrogen) atoms. The summed E-state index contributed by atoms with van der Waals surface area (Å²) in [7, 11) is 5.22. The average Bonchev–Trinajstić information content (AvgIpc) is 2.87. The smallest absolute Gasteiger partial charge is 0.198 e. The van der Waals surface area contributed by atoms with Crippen LogP contribution in [-0.2, 0) is 21.4 Å². The Kier molecular flexibility index (Phi) is 3.23. The van der Waals surface area contributed by atoms with Gasteiger partial charge in [0.25, 0.3) is 0 Å². The van der Waals surface area contributed by atoms with Crippen molar-refractivity contribution in [2.24, 2.45) is 0 Å². The fraction of sp³-hybridized carbons (Fsp3) is 0.526. The molecule has 1 aromatic rings. The molecule has 5 nitrogen and oxygen atoms in total. The molecule has 0 unspecified atom stereocenters. The van der Waals surface area contributed by atoms with Gasteiger partial charge in [-0.1, -0.05) is 6.07 Å². The Hall–Kier alpha value is -2.01. The summed E-state index contributed by atoms with van der Waals surface area (Å²) in [6.45, 7) is 0.886. The van der Waals surface area contributed by atoms with Gasteiger partial charge in [0, 0.05) is 17.4 Å². The lowest BCUT2D eigenvalue weighted by molar-refractivity contribution is -0.122. The lowest BCUT2D eigenvalue weighted by atomic mass is 9.54. The van der Waals surface area contributed by atoms with Crippen molar-refractivity contribution >= 4 is 5.78 Å². The lowest BCUT2D eigenvalue weighted by Gasteiger charge is -2.53. The van der Waals surface area contributed by atoms with E-state index >= 15 is 0 Å². The number of benzene rings is 1. The van der Waals surface area contributed by atoms with E-state index in [1.807, 2.05) is 18.2 Å². The number of likely N-dealkylation sites (tertiary alicyclic amines) is 1. The number of hydrogen-bond donors (Lipinski definition) is 1. The van der Waals surface area contributed by atoms with Crippen molar-refractivity contribution in [2.75, 3.05) is 27.8 Å². The molecule has 0 spiro atoms. The van der Waals surface area contributed by atoms with Crippen LogP contribution < -0.4 is 4.74 Å². The summed E-state index contributed by atoms with van der Waals surface area (Å²) < 4.78 is 10.7. The second-order valence-corrected chi connectivity index (χ2v) is 7.14. The maximum Gasteiger partial charge on any atom is 0.198 e. The number of phenolic OH excluding ortho intramolecular Hbond substituents is 1. The molecule has 0 amide bonds. The number of methoxy groups -OCH3 is 2. The number of nitrogens with zero attached hydrogens (tertiary/aromatic N) is 1. The second-order valence-electron chi connectivity index (χ2n) is 7.14. The predicted octanol–water partition coefficient (Wildman–Crippen LogP) is 2.16. The van der Waals surface area contributed by atoms with Crippen LogP contribution in [0.25, 0.3) is 0 Å². The number of aromatic hydroxyl groups is 1. The van der Waals surface area contributed by atoms with Crippen LogP contribution in [0.4, 0.5) is 0 Å². The zero-order chi connectivity index (χ0) is 17.1. The first-order valence-electron chi connectivity index (χ1n) is 8.40. The number of Topliss-reactive ketones (excluding diaryl/α,β-unsaturated/α-hetero) is 1. The van der Waals surface area contributed by atoms with Crippen molar-refractivity contribution < 1.29 is 19.4 Å². The van der Waals surface area contributed by atoms with E-state index in [4.69, 9.17) is 9.47 Å². The van der Waals surface area contributed by atoms with Gasteiger partial charge in [-0.05, 0) is 50.6 Å². The van der Waals surface area contributed by atoms with Gasteiger partial charge in [-0.25, -0.2) is 0 Å². The molecule has 1 aromatic carbocycles. The molecule has 1 N–H and O–H groups in total. The molecule has 2 aliphatic carbocycles. The van der Waals surface area contributed by atoms with Crippen molar-refractivity contribution in [2.45, 2.75) is 36.6 Å². The fourth-order valence-corrected chi connectivity index (χ4v) is 5.24. The van der Waals surface area contributed by atoms with E-state index in [-0.39, 0.29) is 17.1 Å². The second kappa shape index (κ2) is 4.99. The molecule has 1 fully saturated rings. The SMILES string of the molecule is COC1=C[C@]23CCc4ccc(OC)c(O)c4[C@]2(CCN3C)CC1=O. The summed E-state index contributed by atoms with van der Waals surface area (Å²) >= 11 is 0. The summed E-state index contributed by atoms with van der Waals surface area (Å²) in [6, 6.07) is 3.85. The number of allylic oxidation sites excluding steroid dienone is 1. The number of ether oxygens (including phenoxy) is 2. The molecule has 1 heterocycles. The summed E-state index contributed by atoms with van der Waals surface area (Å²) in [5.41, 5.74) is 1.33. The third kappa shape index (κ3) is 1.66. The molecule has 5 heteroatoms. The van der Waals surface area contributed by atoms with Crippen LogP contribution in [0.1, 0.15) is 30.4 Å². The molecule has 3 aliphatic rings. The number of rotatable bonds is 2. The first-order chi connectivity index (χ1) is 11.5. The highest BCUT2D eigenvalue weighted by atomic mass is 16.5. The van der Waals surface area contributed by atoms with Crippen LogP contribution in [-0.4, -0.2) is 49.1 Å². The highest BCUT2D eigenvalue weighted by molar-refractivity contribution is 5.97. The van der Waals surface area contributed by atoms with E-state index in [1.165, 1.54) is 0 Å². The zero-order valence-electron chi connectivity index (χ0n) is 14.4. The Morgan fingerprint density at radius 2 is 2.00 bits per heavy atom. The van der Waals surface area contributed by atoms with E-state index in [0.29, 0.717) is 17.9 Å². The number of carbonyl (C=O) groups is 1. The van der Waals surface area contributed by atoms with Crippen LogP contribution in [0.15, 0.2) is 24.0 Å². The number of likely N-dealkylation sites (N-methyl/N-ethyl adjacent to an activating group) is 1. The average molecular weight is 329 g/mol. The summed E-state index contributed by atoms with van der Waals surface area (Å²) in [5, 5.41) is 10.9. The first kappa shape index (κ1) is 15.5. The van der Waals surface area contributed by atoms with Gasteiger partial charge in [0.2, 0.25) is 0 Å². The summed E-state index contributed by atoms with van der Waals surface area (Å²) in [6.07, 6.45) is 5.00. The van der Waals surface area contributed by atoms with E-state index in [1.54, 1.807) is 14.2 Å². The van der Waals surface area contributed by atoms with Gasteiger partial charge >= 0.3 is 0 Å². The number of hydrogen-bond acceptors (Lipinski definition) is 5. The number of ketones is 1. The van der Waals surface area contributed by atoms with Crippen molar-refractivity contribution in [3.63, 3.8) is 0 Å². The van der Waals surface area contributed by atoms with Crippen LogP contribution >= 0.6 is 0 Å². The minimum Gasteiger partial charge on any atom is -0.504 e.